The molecule has 9 heteroatoms. The van der Waals surface area contributed by atoms with Gasteiger partial charge in [-0.1, -0.05) is 12.1 Å². The van der Waals surface area contributed by atoms with Gasteiger partial charge in [-0.15, -0.1) is 0 Å². The summed E-state index contributed by atoms with van der Waals surface area (Å²) in [6.07, 6.45) is 3.87. The largest absolute Gasteiger partial charge is 0.469 e. The van der Waals surface area contributed by atoms with Gasteiger partial charge in [-0.05, 0) is 54.7 Å². The molecule has 2 aromatic heterocycles. The van der Waals surface area contributed by atoms with Crippen LogP contribution in [-0.4, -0.2) is 52.3 Å². The first-order chi connectivity index (χ1) is 16.0. The van der Waals surface area contributed by atoms with Crippen molar-refractivity contribution in [3.63, 3.8) is 0 Å². The fourth-order valence-electron chi connectivity index (χ4n) is 4.05. The van der Waals surface area contributed by atoms with Crippen molar-refractivity contribution >= 4 is 29.3 Å². The van der Waals surface area contributed by atoms with Crippen molar-refractivity contribution in [2.24, 2.45) is 0 Å². The van der Waals surface area contributed by atoms with E-state index in [-0.39, 0.29) is 24.5 Å². The summed E-state index contributed by atoms with van der Waals surface area (Å²) in [4.78, 5) is 30.5. The zero-order valence-electron chi connectivity index (χ0n) is 18.3. The van der Waals surface area contributed by atoms with Crippen molar-refractivity contribution in [3.05, 3.63) is 83.9 Å². The molecule has 3 aromatic rings. The van der Waals surface area contributed by atoms with Crippen LogP contribution in [0.5, 0.6) is 0 Å². The molecule has 1 saturated heterocycles. The molecular weight excluding hydrogens is 440 g/mol. The summed E-state index contributed by atoms with van der Waals surface area (Å²) >= 11 is 5.65. The first-order valence-electron chi connectivity index (χ1n) is 10.4. The highest BCUT2D eigenvalue weighted by atomic mass is 32.1. The lowest BCUT2D eigenvalue weighted by Gasteiger charge is -2.28. The first kappa shape index (κ1) is 22.5. The SMILES string of the molecule is COC(=O)CCN1C(=S)N[C@@H](c2ccccn2)[C@@H]1c1cccn1-c1cccc(C(=O)OC)c1. The second-order valence-electron chi connectivity index (χ2n) is 7.49. The summed E-state index contributed by atoms with van der Waals surface area (Å²) < 4.78 is 11.7. The molecule has 3 heterocycles. The Kier molecular flexibility index (Phi) is 6.69. The van der Waals surface area contributed by atoms with Crippen LogP contribution in [0.4, 0.5) is 0 Å². The lowest BCUT2D eigenvalue weighted by atomic mass is 10.0. The van der Waals surface area contributed by atoms with E-state index in [1.807, 2.05) is 58.1 Å². The summed E-state index contributed by atoms with van der Waals surface area (Å²) in [6.45, 7) is 0.389. The number of esters is 2. The third-order valence-corrected chi connectivity index (χ3v) is 5.96. The van der Waals surface area contributed by atoms with E-state index in [1.54, 1.807) is 18.3 Å². The van der Waals surface area contributed by atoms with Gasteiger partial charge in [0, 0.05) is 30.3 Å². The number of carbonyl (C=O) groups excluding carboxylic acids is 2. The van der Waals surface area contributed by atoms with Crippen molar-refractivity contribution in [1.82, 2.24) is 19.8 Å². The number of carbonyl (C=O) groups is 2. The monoisotopic (exact) mass is 464 g/mol. The van der Waals surface area contributed by atoms with Crippen LogP contribution in [0.15, 0.2) is 67.0 Å². The van der Waals surface area contributed by atoms with Gasteiger partial charge in [-0.2, -0.15) is 0 Å². The van der Waals surface area contributed by atoms with E-state index in [0.717, 1.165) is 17.1 Å². The van der Waals surface area contributed by atoms with E-state index in [9.17, 15) is 9.59 Å². The zero-order valence-corrected chi connectivity index (χ0v) is 19.1. The van der Waals surface area contributed by atoms with Crippen molar-refractivity contribution in [2.45, 2.75) is 18.5 Å². The summed E-state index contributed by atoms with van der Waals surface area (Å²) in [5, 5.41) is 3.91. The van der Waals surface area contributed by atoms with Crippen LogP contribution in [0.2, 0.25) is 0 Å². The van der Waals surface area contributed by atoms with E-state index >= 15 is 0 Å². The number of thiocarbonyl (C=S) groups is 1. The fraction of sp³-hybridized carbons (Fsp3) is 0.250. The quantitative estimate of drug-likeness (QED) is 0.422. The molecular formula is C24H24N4O4S. The topological polar surface area (TPSA) is 85.7 Å². The average molecular weight is 465 g/mol. The molecule has 0 radical (unpaired) electrons. The Balaban J connectivity index is 1.77. The number of aromatic nitrogens is 2. The normalized spacial score (nSPS) is 17.5. The second kappa shape index (κ2) is 9.83. The molecule has 0 saturated carbocycles. The molecule has 8 nitrogen and oxygen atoms in total. The van der Waals surface area contributed by atoms with E-state index in [2.05, 4.69) is 10.3 Å². The molecule has 0 unspecified atom stereocenters. The number of rotatable bonds is 7. The fourth-order valence-corrected chi connectivity index (χ4v) is 4.38. The Hall–Kier alpha value is -3.72. The summed E-state index contributed by atoms with van der Waals surface area (Å²) in [5.41, 5.74) is 3.04. The second-order valence-corrected chi connectivity index (χ2v) is 7.88. The molecule has 1 aliphatic heterocycles. The number of ether oxygens (including phenoxy) is 2. The maximum absolute atomic E-state index is 12.1. The van der Waals surface area contributed by atoms with E-state index in [1.165, 1.54) is 14.2 Å². The number of benzene rings is 1. The van der Waals surface area contributed by atoms with Crippen molar-refractivity contribution in [2.75, 3.05) is 20.8 Å². The van der Waals surface area contributed by atoms with Crippen molar-refractivity contribution < 1.29 is 19.1 Å². The van der Waals surface area contributed by atoms with Gasteiger partial charge in [0.25, 0.3) is 0 Å². The standard InChI is InChI=1S/C24H24N4O4S/c1-31-20(29)11-14-28-22(21(26-24(28)33)18-9-3-4-12-25-18)19-10-6-13-27(19)17-8-5-7-16(15-17)23(30)32-2/h3-10,12-13,15,21-22H,11,14H2,1-2H3,(H,26,33)/t21-,22-/m0/s1. The zero-order chi connectivity index (χ0) is 23.4. The Bertz CT molecular complexity index is 1160. The molecule has 1 fully saturated rings. The predicted octanol–water partition coefficient (Wildman–Crippen LogP) is 3.19. The van der Waals surface area contributed by atoms with Gasteiger partial charge >= 0.3 is 11.9 Å². The molecule has 170 valence electrons. The van der Waals surface area contributed by atoms with Crippen LogP contribution in [0.1, 0.15) is 40.3 Å². The van der Waals surface area contributed by atoms with E-state index in [0.29, 0.717) is 17.2 Å². The third kappa shape index (κ3) is 4.58. The Morgan fingerprint density at radius 2 is 1.94 bits per heavy atom. The minimum absolute atomic E-state index is 0.197. The van der Waals surface area contributed by atoms with Crippen LogP contribution >= 0.6 is 12.2 Å². The molecule has 33 heavy (non-hydrogen) atoms. The van der Waals surface area contributed by atoms with E-state index < -0.39 is 5.97 Å². The van der Waals surface area contributed by atoms with Gasteiger partial charge in [0.1, 0.15) is 0 Å². The van der Waals surface area contributed by atoms with Crippen LogP contribution in [-0.2, 0) is 14.3 Å². The highest BCUT2D eigenvalue weighted by Crippen LogP contribution is 2.39. The molecule has 4 rings (SSSR count). The van der Waals surface area contributed by atoms with Gasteiger partial charge in [-0.25, -0.2) is 4.79 Å². The lowest BCUT2D eigenvalue weighted by Crippen LogP contribution is -2.32. The molecule has 1 aromatic carbocycles. The van der Waals surface area contributed by atoms with Crippen LogP contribution in [0, 0.1) is 0 Å². The number of nitrogens with zero attached hydrogens (tertiary/aromatic N) is 3. The maximum Gasteiger partial charge on any atom is 0.337 e. The van der Waals surface area contributed by atoms with Gasteiger partial charge in [0.15, 0.2) is 5.11 Å². The number of hydrogen-bond acceptors (Lipinski definition) is 6. The number of methoxy groups -OCH3 is 2. The van der Waals surface area contributed by atoms with Crippen LogP contribution < -0.4 is 5.32 Å². The van der Waals surface area contributed by atoms with Crippen molar-refractivity contribution in [3.8, 4) is 5.69 Å². The smallest absolute Gasteiger partial charge is 0.337 e. The van der Waals surface area contributed by atoms with Gasteiger partial charge < -0.3 is 24.3 Å². The maximum atomic E-state index is 12.1. The molecule has 1 aliphatic rings. The molecule has 0 amide bonds. The molecule has 0 bridgehead atoms. The first-order valence-corrected chi connectivity index (χ1v) is 10.8. The average Bonchev–Trinajstić information content (AvgIpc) is 3.46. The molecule has 0 spiro atoms. The predicted molar refractivity (Wildman–Crippen MR) is 126 cm³/mol. The Labute approximate surface area is 197 Å². The summed E-state index contributed by atoms with van der Waals surface area (Å²) in [5.74, 6) is -0.709. The Morgan fingerprint density at radius 1 is 1.09 bits per heavy atom. The molecule has 0 aliphatic carbocycles. The van der Waals surface area contributed by atoms with Crippen molar-refractivity contribution in [1.29, 1.82) is 0 Å². The van der Waals surface area contributed by atoms with Gasteiger partial charge in [0.05, 0.1) is 44.0 Å². The summed E-state index contributed by atoms with van der Waals surface area (Å²) in [7, 11) is 2.73. The van der Waals surface area contributed by atoms with Crippen LogP contribution in [0.25, 0.3) is 5.69 Å². The Morgan fingerprint density at radius 3 is 2.67 bits per heavy atom. The lowest BCUT2D eigenvalue weighted by molar-refractivity contribution is -0.140. The highest BCUT2D eigenvalue weighted by Gasteiger charge is 2.41. The molecule has 1 N–H and O–H groups in total. The van der Waals surface area contributed by atoms with Crippen LogP contribution in [0.3, 0.4) is 0 Å². The molecule has 2 atom stereocenters. The minimum atomic E-state index is -0.402. The highest BCUT2D eigenvalue weighted by molar-refractivity contribution is 7.80. The third-order valence-electron chi connectivity index (χ3n) is 5.61. The minimum Gasteiger partial charge on any atom is -0.469 e. The number of nitrogens with one attached hydrogen (secondary N) is 1. The summed E-state index contributed by atoms with van der Waals surface area (Å²) in [6, 6.07) is 16.4. The van der Waals surface area contributed by atoms with E-state index in [4.69, 9.17) is 21.7 Å². The number of hydrogen-bond donors (Lipinski definition) is 1. The van der Waals surface area contributed by atoms with Gasteiger partial charge in [0.2, 0.25) is 0 Å². The van der Waals surface area contributed by atoms with Gasteiger partial charge in [-0.3, -0.25) is 9.78 Å². The number of pyridine rings is 1.